The maximum atomic E-state index is 13.0. The number of allylic oxidation sites excluding steroid dienone is 1. The van der Waals surface area contributed by atoms with Crippen molar-refractivity contribution < 1.29 is 14.3 Å². The van der Waals surface area contributed by atoms with E-state index in [4.69, 9.17) is 4.74 Å². The summed E-state index contributed by atoms with van der Waals surface area (Å²) < 4.78 is 4.99. The molecule has 3 rings (SSSR count). The lowest BCUT2D eigenvalue weighted by atomic mass is 10.0. The first-order valence-corrected chi connectivity index (χ1v) is 9.69. The van der Waals surface area contributed by atoms with Gasteiger partial charge in [-0.25, -0.2) is 4.79 Å². The monoisotopic (exact) mass is 375 g/mol. The zero-order valence-electron chi connectivity index (χ0n) is 16.1. The third kappa shape index (κ3) is 4.97. The van der Waals surface area contributed by atoms with E-state index in [9.17, 15) is 9.59 Å². The summed E-state index contributed by atoms with van der Waals surface area (Å²) in [4.78, 5) is 26.6. The first-order valence-electron chi connectivity index (χ1n) is 9.69. The van der Waals surface area contributed by atoms with Crippen LogP contribution in [0, 0.1) is 0 Å². The van der Waals surface area contributed by atoms with Gasteiger partial charge in [0.15, 0.2) is 0 Å². The number of esters is 1. The van der Waals surface area contributed by atoms with Crippen LogP contribution in [0.15, 0.2) is 72.8 Å². The van der Waals surface area contributed by atoms with Gasteiger partial charge in [0.25, 0.3) is 5.91 Å². The Bertz CT molecular complexity index is 853. The van der Waals surface area contributed by atoms with Gasteiger partial charge in [-0.3, -0.25) is 4.79 Å². The van der Waals surface area contributed by atoms with Crippen molar-refractivity contribution in [2.24, 2.45) is 0 Å². The Kier molecular flexibility index (Phi) is 6.79. The van der Waals surface area contributed by atoms with Crippen LogP contribution in [0.3, 0.4) is 0 Å². The molecule has 28 heavy (non-hydrogen) atoms. The molecule has 0 aromatic heterocycles. The summed E-state index contributed by atoms with van der Waals surface area (Å²) in [5, 5.41) is 0. The van der Waals surface area contributed by atoms with E-state index in [1.807, 2.05) is 47.4 Å². The molecule has 0 N–H and O–H groups in total. The first-order chi connectivity index (χ1) is 13.7. The predicted octanol–water partition coefficient (Wildman–Crippen LogP) is 5.02. The molecule has 0 heterocycles. The van der Waals surface area contributed by atoms with Gasteiger partial charge in [-0.15, -0.1) is 0 Å². The van der Waals surface area contributed by atoms with Crippen molar-refractivity contribution in [1.29, 1.82) is 0 Å². The van der Waals surface area contributed by atoms with Crippen molar-refractivity contribution in [2.75, 3.05) is 11.5 Å². The maximum Gasteiger partial charge on any atom is 0.338 e. The number of carbonyl (C=O) groups is 2. The van der Waals surface area contributed by atoms with Crippen LogP contribution in [0.5, 0.6) is 0 Å². The highest BCUT2D eigenvalue weighted by Gasteiger charge is 2.22. The van der Waals surface area contributed by atoms with Crippen molar-refractivity contribution in [1.82, 2.24) is 0 Å². The summed E-state index contributed by atoms with van der Waals surface area (Å²) >= 11 is 0. The summed E-state index contributed by atoms with van der Waals surface area (Å²) in [7, 11) is 0. The zero-order valence-corrected chi connectivity index (χ0v) is 16.1. The fourth-order valence-corrected chi connectivity index (χ4v) is 3.27. The molecule has 2 aromatic rings. The number of anilines is 1. The van der Waals surface area contributed by atoms with Crippen molar-refractivity contribution in [3.05, 3.63) is 84.0 Å². The molecule has 1 unspecified atom stereocenters. The number of ether oxygens (including phenoxy) is 1. The molecule has 0 fully saturated rings. The van der Waals surface area contributed by atoms with Gasteiger partial charge in [0.1, 0.15) is 0 Å². The van der Waals surface area contributed by atoms with Crippen LogP contribution in [0.4, 0.5) is 5.69 Å². The predicted molar refractivity (Wildman–Crippen MR) is 112 cm³/mol. The van der Waals surface area contributed by atoms with Gasteiger partial charge in [0, 0.05) is 11.8 Å². The number of carbonyl (C=O) groups excluding carboxylic acids is 2. The zero-order chi connectivity index (χ0) is 19.8. The number of hydrogen-bond donors (Lipinski definition) is 0. The highest BCUT2D eigenvalue weighted by atomic mass is 16.5. The van der Waals surface area contributed by atoms with E-state index in [2.05, 4.69) is 12.2 Å². The molecule has 4 heteroatoms. The minimum absolute atomic E-state index is 0.0581. The Hall–Kier alpha value is -3.14. The van der Waals surface area contributed by atoms with Gasteiger partial charge in [-0.05, 0) is 62.1 Å². The average molecular weight is 375 g/mol. The van der Waals surface area contributed by atoms with Crippen LogP contribution in [0.1, 0.15) is 42.1 Å². The lowest BCUT2D eigenvalue weighted by Crippen LogP contribution is -2.39. The van der Waals surface area contributed by atoms with Crippen molar-refractivity contribution in [3.8, 4) is 0 Å². The normalized spacial score (nSPS) is 16.1. The number of hydrogen-bond acceptors (Lipinski definition) is 3. The highest BCUT2D eigenvalue weighted by Crippen LogP contribution is 2.24. The van der Waals surface area contributed by atoms with Crippen LogP contribution in [0.2, 0.25) is 0 Å². The third-order valence-corrected chi connectivity index (χ3v) is 4.67. The molecule has 0 radical (unpaired) electrons. The minimum Gasteiger partial charge on any atom is -0.462 e. The molecular formula is C24H25NO3. The number of rotatable bonds is 6. The molecule has 1 aliphatic rings. The number of nitrogens with zero attached hydrogens (tertiary/aromatic N) is 1. The number of benzene rings is 2. The summed E-state index contributed by atoms with van der Waals surface area (Å²) in [6.07, 6.45) is 10.7. The van der Waals surface area contributed by atoms with Crippen LogP contribution in [-0.2, 0) is 9.53 Å². The van der Waals surface area contributed by atoms with Crippen LogP contribution < -0.4 is 4.90 Å². The molecule has 0 bridgehead atoms. The molecule has 0 spiro atoms. The Morgan fingerprint density at radius 3 is 2.50 bits per heavy atom. The van der Waals surface area contributed by atoms with Gasteiger partial charge in [-0.2, -0.15) is 0 Å². The van der Waals surface area contributed by atoms with Gasteiger partial charge >= 0.3 is 5.97 Å². The topological polar surface area (TPSA) is 46.6 Å². The minimum atomic E-state index is -0.339. The van der Waals surface area contributed by atoms with Crippen molar-refractivity contribution in [2.45, 2.75) is 32.2 Å². The molecule has 2 aromatic carbocycles. The first kappa shape index (κ1) is 19.6. The average Bonchev–Trinajstić information content (AvgIpc) is 2.74. The standard InChI is InChI=1S/C24H25NO3/c1-2-28-24(27)20-16-13-19(14-17-20)15-18-23(26)25(21-9-5-3-6-10-21)22-11-7-4-8-12-22/h3,5-7,9-11,13-18,22H,2,4,8,12H2,1H3/b18-15+. The highest BCUT2D eigenvalue weighted by molar-refractivity contribution is 6.04. The largest absolute Gasteiger partial charge is 0.462 e. The maximum absolute atomic E-state index is 13.0. The summed E-state index contributed by atoms with van der Waals surface area (Å²) in [5.74, 6) is -0.398. The van der Waals surface area contributed by atoms with Gasteiger partial charge < -0.3 is 9.64 Å². The van der Waals surface area contributed by atoms with E-state index in [1.165, 1.54) is 0 Å². The van der Waals surface area contributed by atoms with Crippen LogP contribution in [-0.4, -0.2) is 24.5 Å². The van der Waals surface area contributed by atoms with Gasteiger partial charge in [0.2, 0.25) is 0 Å². The Morgan fingerprint density at radius 1 is 1.11 bits per heavy atom. The number of amides is 1. The van der Waals surface area contributed by atoms with E-state index in [0.717, 1.165) is 30.5 Å². The molecule has 4 nitrogen and oxygen atoms in total. The van der Waals surface area contributed by atoms with Gasteiger partial charge in [0.05, 0.1) is 18.2 Å². The lowest BCUT2D eigenvalue weighted by Gasteiger charge is -2.30. The molecule has 0 saturated carbocycles. The molecule has 0 saturated heterocycles. The fourth-order valence-electron chi connectivity index (χ4n) is 3.27. The van der Waals surface area contributed by atoms with E-state index in [0.29, 0.717) is 12.2 Å². The summed E-state index contributed by atoms with van der Waals surface area (Å²) in [5.41, 5.74) is 2.25. The molecule has 144 valence electrons. The van der Waals surface area contributed by atoms with E-state index >= 15 is 0 Å². The Balaban J connectivity index is 1.77. The molecular weight excluding hydrogens is 350 g/mol. The SMILES string of the molecule is CCOC(=O)c1ccc(/C=C/C(=O)N(c2ccccc2)C2C=CCCC2)cc1. The second-order valence-electron chi connectivity index (χ2n) is 6.65. The van der Waals surface area contributed by atoms with E-state index in [1.54, 1.807) is 31.2 Å². The molecule has 1 aliphatic carbocycles. The van der Waals surface area contributed by atoms with E-state index < -0.39 is 0 Å². The van der Waals surface area contributed by atoms with Crippen molar-refractivity contribution >= 4 is 23.6 Å². The van der Waals surface area contributed by atoms with E-state index in [-0.39, 0.29) is 17.9 Å². The fraction of sp³-hybridized carbons (Fsp3) is 0.250. The molecule has 1 amide bonds. The molecule has 0 aliphatic heterocycles. The van der Waals surface area contributed by atoms with Gasteiger partial charge in [-0.1, -0.05) is 42.5 Å². The van der Waals surface area contributed by atoms with Crippen LogP contribution in [0.25, 0.3) is 6.08 Å². The molecule has 1 atom stereocenters. The Morgan fingerprint density at radius 2 is 1.86 bits per heavy atom. The van der Waals surface area contributed by atoms with Crippen LogP contribution >= 0.6 is 0 Å². The third-order valence-electron chi connectivity index (χ3n) is 4.67. The second-order valence-corrected chi connectivity index (χ2v) is 6.65. The second kappa shape index (κ2) is 9.70. The lowest BCUT2D eigenvalue weighted by molar-refractivity contribution is -0.114. The Labute approximate surface area is 166 Å². The van der Waals surface area contributed by atoms with Crippen molar-refractivity contribution in [3.63, 3.8) is 0 Å². The summed E-state index contributed by atoms with van der Waals surface area (Å²) in [6, 6.07) is 16.9. The smallest absolute Gasteiger partial charge is 0.338 e. The number of para-hydroxylation sites is 1. The quantitative estimate of drug-likeness (QED) is 0.405. The summed E-state index contributed by atoms with van der Waals surface area (Å²) in [6.45, 7) is 2.13.